The summed E-state index contributed by atoms with van der Waals surface area (Å²) in [4.78, 5) is 63.0. The lowest BCUT2D eigenvalue weighted by Crippen LogP contribution is -2.57. The smallest absolute Gasteiger partial charge is 0.333 e. The van der Waals surface area contributed by atoms with Crippen LogP contribution in [-0.4, -0.2) is 75.9 Å². The van der Waals surface area contributed by atoms with E-state index in [4.69, 9.17) is 18.9 Å². The lowest BCUT2D eigenvalue weighted by atomic mass is 9.98. The highest BCUT2D eigenvalue weighted by molar-refractivity contribution is 5.82. The van der Waals surface area contributed by atoms with Gasteiger partial charge in [0.25, 0.3) is 5.56 Å². The van der Waals surface area contributed by atoms with E-state index in [0.717, 1.165) is 29.2 Å². The Balaban J connectivity index is 2.43. The van der Waals surface area contributed by atoms with Crippen LogP contribution >= 0.6 is 0 Å². The van der Waals surface area contributed by atoms with Gasteiger partial charge in [-0.25, -0.2) is 4.79 Å². The SMILES string of the molecule is CC(=O)OCC1OCC(N=Cc2c(O)n(C)c(=O)n(C)c2=O)[C@@H](OC(C)=O)[C@H]1OC(C)=O. The molecule has 1 aliphatic heterocycles. The molecule has 1 aromatic rings. The van der Waals surface area contributed by atoms with Crippen LogP contribution in [0.15, 0.2) is 14.6 Å². The number of nitrogens with zero attached hydrogens (tertiary/aromatic N) is 3. The van der Waals surface area contributed by atoms with Gasteiger partial charge in [-0.2, -0.15) is 0 Å². The van der Waals surface area contributed by atoms with Crippen LogP contribution in [0.2, 0.25) is 0 Å². The number of hydrogen-bond acceptors (Lipinski definition) is 11. The summed E-state index contributed by atoms with van der Waals surface area (Å²) in [5.74, 6) is -2.58. The van der Waals surface area contributed by atoms with Crippen LogP contribution in [0.3, 0.4) is 0 Å². The number of esters is 3. The van der Waals surface area contributed by atoms with E-state index in [0.29, 0.717) is 0 Å². The first-order valence-electron chi connectivity index (χ1n) is 9.55. The standard InChI is InChI=1S/C19H25N3O10/c1-9(23)29-8-14-16(32-11(3)25)15(31-10(2)24)13(7-30-14)20-6-12-17(26)21(4)19(28)22(5)18(12)27/h6,13-16,26H,7-8H2,1-5H3/t13?,14?,15-,16+/m1/s1. The molecule has 2 heterocycles. The van der Waals surface area contributed by atoms with Crippen molar-refractivity contribution in [2.75, 3.05) is 13.2 Å². The maximum absolute atomic E-state index is 12.4. The molecular formula is C19H25N3O10. The number of ether oxygens (including phenoxy) is 4. The van der Waals surface area contributed by atoms with E-state index < -0.39 is 59.4 Å². The van der Waals surface area contributed by atoms with Crippen LogP contribution in [-0.2, 0) is 47.4 Å². The highest BCUT2D eigenvalue weighted by atomic mass is 16.6. The highest BCUT2D eigenvalue weighted by Crippen LogP contribution is 2.25. The van der Waals surface area contributed by atoms with Crippen LogP contribution in [0.25, 0.3) is 0 Å². The van der Waals surface area contributed by atoms with Gasteiger partial charge in [0, 0.05) is 41.1 Å². The van der Waals surface area contributed by atoms with E-state index >= 15 is 0 Å². The molecule has 0 aliphatic carbocycles. The lowest BCUT2D eigenvalue weighted by molar-refractivity contribution is -0.204. The zero-order chi connectivity index (χ0) is 24.2. The molecule has 0 spiro atoms. The van der Waals surface area contributed by atoms with E-state index in [1.807, 2.05) is 0 Å². The first kappa shape index (κ1) is 24.8. The number of aromatic hydroxyl groups is 1. The molecule has 1 aromatic heterocycles. The van der Waals surface area contributed by atoms with Gasteiger partial charge in [0.2, 0.25) is 5.88 Å². The van der Waals surface area contributed by atoms with E-state index in [1.165, 1.54) is 21.0 Å². The zero-order valence-electron chi connectivity index (χ0n) is 18.3. The van der Waals surface area contributed by atoms with Crippen molar-refractivity contribution >= 4 is 24.1 Å². The molecule has 1 fully saturated rings. The summed E-state index contributed by atoms with van der Waals surface area (Å²) in [5, 5.41) is 10.2. The molecule has 2 rings (SSSR count). The number of carbonyl (C=O) groups is 3. The Bertz CT molecular complexity index is 1040. The van der Waals surface area contributed by atoms with Gasteiger partial charge in [-0.05, 0) is 0 Å². The third kappa shape index (κ3) is 5.60. The summed E-state index contributed by atoms with van der Waals surface area (Å²) in [7, 11) is 2.51. The molecule has 4 atom stereocenters. The maximum Gasteiger partial charge on any atom is 0.333 e. The van der Waals surface area contributed by atoms with Crippen LogP contribution in [0.4, 0.5) is 0 Å². The van der Waals surface area contributed by atoms with Crippen molar-refractivity contribution in [3.8, 4) is 5.88 Å². The Kier molecular flexibility index (Phi) is 7.92. The second kappa shape index (κ2) is 10.2. The minimum Gasteiger partial charge on any atom is -0.494 e. The summed E-state index contributed by atoms with van der Waals surface area (Å²) in [6.45, 7) is 3.08. The van der Waals surface area contributed by atoms with Crippen molar-refractivity contribution < 1.29 is 38.4 Å². The molecule has 32 heavy (non-hydrogen) atoms. The Morgan fingerprint density at radius 3 is 2.22 bits per heavy atom. The predicted octanol–water partition coefficient (Wildman–Crippen LogP) is -1.60. The van der Waals surface area contributed by atoms with Gasteiger partial charge >= 0.3 is 23.6 Å². The highest BCUT2D eigenvalue weighted by Gasteiger charge is 2.45. The van der Waals surface area contributed by atoms with Gasteiger partial charge in [-0.3, -0.25) is 33.3 Å². The van der Waals surface area contributed by atoms with E-state index in [9.17, 15) is 29.1 Å². The Labute approximate surface area is 182 Å². The van der Waals surface area contributed by atoms with Gasteiger partial charge in [-0.1, -0.05) is 0 Å². The molecule has 13 nitrogen and oxygen atoms in total. The number of carbonyl (C=O) groups excluding carboxylic acids is 3. The van der Waals surface area contributed by atoms with Crippen LogP contribution in [0.1, 0.15) is 26.3 Å². The summed E-state index contributed by atoms with van der Waals surface area (Å²) in [6, 6.07) is -0.946. The quantitative estimate of drug-likeness (QED) is 0.300. The van der Waals surface area contributed by atoms with Crippen LogP contribution in [0, 0.1) is 0 Å². The fourth-order valence-electron chi connectivity index (χ4n) is 3.13. The minimum absolute atomic E-state index is 0.148. The topological polar surface area (TPSA) is 165 Å². The predicted molar refractivity (Wildman–Crippen MR) is 107 cm³/mol. The average Bonchev–Trinajstić information content (AvgIpc) is 2.71. The molecule has 1 saturated heterocycles. The Morgan fingerprint density at radius 1 is 1.06 bits per heavy atom. The molecule has 1 N–H and O–H groups in total. The number of aromatic nitrogens is 2. The van der Waals surface area contributed by atoms with Gasteiger partial charge in [0.1, 0.15) is 24.3 Å². The normalized spacial score (nSPS) is 23.0. The molecule has 13 heteroatoms. The molecule has 0 radical (unpaired) electrons. The summed E-state index contributed by atoms with van der Waals surface area (Å²) >= 11 is 0. The van der Waals surface area contributed by atoms with Crippen molar-refractivity contribution in [1.82, 2.24) is 9.13 Å². The first-order chi connectivity index (χ1) is 14.9. The molecule has 2 unspecified atom stereocenters. The summed E-state index contributed by atoms with van der Waals surface area (Å²) in [5.41, 5.74) is -1.80. The average molecular weight is 455 g/mol. The van der Waals surface area contributed by atoms with Crippen molar-refractivity contribution in [2.24, 2.45) is 19.1 Å². The first-order valence-corrected chi connectivity index (χ1v) is 9.55. The van der Waals surface area contributed by atoms with Gasteiger partial charge in [0.15, 0.2) is 12.2 Å². The Hall–Kier alpha value is -3.48. The van der Waals surface area contributed by atoms with Gasteiger partial charge in [0.05, 0.1) is 6.61 Å². The third-order valence-electron chi connectivity index (χ3n) is 4.67. The minimum atomic E-state index is -1.16. The second-order valence-corrected chi connectivity index (χ2v) is 7.11. The lowest BCUT2D eigenvalue weighted by Gasteiger charge is -2.39. The molecule has 0 bridgehead atoms. The van der Waals surface area contributed by atoms with Crippen LogP contribution in [0.5, 0.6) is 5.88 Å². The molecular weight excluding hydrogens is 430 g/mol. The monoisotopic (exact) mass is 455 g/mol. The van der Waals surface area contributed by atoms with Crippen molar-refractivity contribution in [1.29, 1.82) is 0 Å². The van der Waals surface area contributed by atoms with Gasteiger partial charge in [-0.15, -0.1) is 0 Å². The largest absolute Gasteiger partial charge is 0.494 e. The molecule has 0 saturated carbocycles. The third-order valence-corrected chi connectivity index (χ3v) is 4.67. The van der Waals surface area contributed by atoms with Crippen LogP contribution < -0.4 is 11.2 Å². The Morgan fingerprint density at radius 2 is 1.66 bits per heavy atom. The maximum atomic E-state index is 12.4. The van der Waals surface area contributed by atoms with Crippen molar-refractivity contribution in [3.63, 3.8) is 0 Å². The van der Waals surface area contributed by atoms with Gasteiger partial charge < -0.3 is 24.1 Å². The fourth-order valence-corrected chi connectivity index (χ4v) is 3.13. The summed E-state index contributed by atoms with van der Waals surface area (Å²) in [6.07, 6.45) is -2.21. The van der Waals surface area contributed by atoms with Crippen molar-refractivity contribution in [2.45, 2.75) is 45.1 Å². The van der Waals surface area contributed by atoms with E-state index in [1.54, 1.807) is 0 Å². The van der Waals surface area contributed by atoms with E-state index in [-0.39, 0.29) is 18.8 Å². The zero-order valence-corrected chi connectivity index (χ0v) is 18.3. The molecule has 176 valence electrons. The summed E-state index contributed by atoms with van der Waals surface area (Å²) < 4.78 is 22.8. The molecule has 1 aliphatic rings. The number of hydrogen-bond donors (Lipinski definition) is 1. The fraction of sp³-hybridized carbons (Fsp3) is 0.579. The molecule has 0 aromatic carbocycles. The molecule has 0 amide bonds. The second-order valence-electron chi connectivity index (χ2n) is 7.11. The number of rotatable bonds is 6. The van der Waals surface area contributed by atoms with E-state index in [2.05, 4.69) is 4.99 Å². The number of aliphatic imine (C=N–C) groups is 1. The van der Waals surface area contributed by atoms with Crippen molar-refractivity contribution in [3.05, 3.63) is 26.4 Å².